The molecule has 1 N–H and O–H groups in total. The number of nitrogens with one attached hydrogen (secondary N) is 1. The van der Waals surface area contributed by atoms with Crippen molar-refractivity contribution < 1.29 is 4.74 Å². The number of pyridine rings is 1. The first-order valence-electron chi connectivity index (χ1n) is 7.72. The SMILES string of the molecule is COc1ccc2c(N/N=C/C=C/c3ccccc3)cc(C)nc2c1. The van der Waals surface area contributed by atoms with Crippen molar-refractivity contribution in [1.29, 1.82) is 0 Å². The number of rotatable bonds is 5. The van der Waals surface area contributed by atoms with Crippen molar-refractivity contribution in [2.45, 2.75) is 6.92 Å². The maximum absolute atomic E-state index is 5.26. The molecule has 120 valence electrons. The molecule has 3 aromatic rings. The average molecular weight is 317 g/mol. The Morgan fingerprint density at radius 3 is 2.71 bits per heavy atom. The number of hydrogen-bond donors (Lipinski definition) is 1. The van der Waals surface area contributed by atoms with Crippen molar-refractivity contribution in [3.63, 3.8) is 0 Å². The summed E-state index contributed by atoms with van der Waals surface area (Å²) in [5.41, 5.74) is 6.96. The summed E-state index contributed by atoms with van der Waals surface area (Å²) in [6.45, 7) is 1.96. The molecule has 0 aliphatic heterocycles. The predicted octanol–water partition coefficient (Wildman–Crippen LogP) is 4.66. The number of allylic oxidation sites excluding steroid dienone is 1. The Morgan fingerprint density at radius 2 is 1.92 bits per heavy atom. The molecule has 4 heteroatoms. The minimum absolute atomic E-state index is 0.792. The van der Waals surface area contributed by atoms with Gasteiger partial charge in [0.1, 0.15) is 5.75 Å². The third kappa shape index (κ3) is 3.79. The van der Waals surface area contributed by atoms with Crippen LogP contribution in [0, 0.1) is 6.92 Å². The number of anilines is 1. The van der Waals surface area contributed by atoms with Gasteiger partial charge in [-0.2, -0.15) is 5.10 Å². The second-order valence-electron chi connectivity index (χ2n) is 5.35. The highest BCUT2D eigenvalue weighted by Crippen LogP contribution is 2.26. The van der Waals surface area contributed by atoms with E-state index in [0.717, 1.165) is 33.6 Å². The van der Waals surface area contributed by atoms with Crippen LogP contribution in [0.3, 0.4) is 0 Å². The van der Waals surface area contributed by atoms with E-state index in [1.54, 1.807) is 13.3 Å². The topological polar surface area (TPSA) is 46.5 Å². The van der Waals surface area contributed by atoms with Gasteiger partial charge >= 0.3 is 0 Å². The Balaban J connectivity index is 1.77. The molecule has 1 aromatic heterocycles. The van der Waals surface area contributed by atoms with Crippen molar-refractivity contribution in [2.75, 3.05) is 12.5 Å². The first-order valence-corrected chi connectivity index (χ1v) is 7.72. The molecule has 2 aromatic carbocycles. The summed E-state index contributed by atoms with van der Waals surface area (Å²) in [6, 6.07) is 17.9. The second-order valence-corrected chi connectivity index (χ2v) is 5.35. The fraction of sp³-hybridized carbons (Fsp3) is 0.100. The lowest BCUT2D eigenvalue weighted by atomic mass is 10.1. The molecule has 3 rings (SSSR count). The Kier molecular flexibility index (Phi) is 4.87. The van der Waals surface area contributed by atoms with E-state index >= 15 is 0 Å². The van der Waals surface area contributed by atoms with Gasteiger partial charge in [-0.05, 0) is 36.8 Å². The third-order valence-corrected chi connectivity index (χ3v) is 3.58. The molecule has 0 aliphatic rings. The Labute approximate surface area is 141 Å². The zero-order valence-electron chi connectivity index (χ0n) is 13.7. The monoisotopic (exact) mass is 317 g/mol. The number of hydrogen-bond acceptors (Lipinski definition) is 4. The van der Waals surface area contributed by atoms with Crippen LogP contribution >= 0.6 is 0 Å². The number of benzene rings is 2. The van der Waals surface area contributed by atoms with Crippen molar-refractivity contribution in [3.05, 3.63) is 71.9 Å². The van der Waals surface area contributed by atoms with Crippen LogP contribution in [0.1, 0.15) is 11.3 Å². The van der Waals surface area contributed by atoms with Gasteiger partial charge in [0.15, 0.2) is 0 Å². The van der Waals surface area contributed by atoms with Crippen LogP contribution in [0.2, 0.25) is 0 Å². The van der Waals surface area contributed by atoms with Crippen LogP contribution in [0.15, 0.2) is 65.8 Å². The molecule has 1 heterocycles. The maximum atomic E-state index is 5.26. The van der Waals surface area contributed by atoms with Gasteiger partial charge in [-0.1, -0.05) is 36.4 Å². The molecule has 0 spiro atoms. The normalized spacial score (nSPS) is 11.4. The lowest BCUT2D eigenvalue weighted by Crippen LogP contribution is -1.94. The highest BCUT2D eigenvalue weighted by molar-refractivity contribution is 5.92. The maximum Gasteiger partial charge on any atom is 0.121 e. The van der Waals surface area contributed by atoms with Gasteiger partial charge in [0, 0.05) is 23.4 Å². The van der Waals surface area contributed by atoms with Crippen LogP contribution in [-0.2, 0) is 0 Å². The van der Waals surface area contributed by atoms with Gasteiger partial charge in [0.25, 0.3) is 0 Å². The minimum Gasteiger partial charge on any atom is -0.497 e. The highest BCUT2D eigenvalue weighted by Gasteiger charge is 2.04. The number of nitrogens with zero attached hydrogens (tertiary/aromatic N) is 2. The standard InChI is InChI=1S/C20H19N3O/c1-15-13-20(18-11-10-17(24-2)14-19(18)22-15)23-21-12-6-9-16-7-4-3-5-8-16/h3-14H,1-2H3,(H,22,23)/b9-6+,21-12+. The zero-order valence-corrected chi connectivity index (χ0v) is 13.7. The fourth-order valence-corrected chi connectivity index (χ4v) is 2.43. The number of methoxy groups -OCH3 is 1. The highest BCUT2D eigenvalue weighted by atomic mass is 16.5. The Morgan fingerprint density at radius 1 is 1.08 bits per heavy atom. The van der Waals surface area contributed by atoms with E-state index in [4.69, 9.17) is 4.74 Å². The number of aromatic nitrogens is 1. The summed E-state index contributed by atoms with van der Waals surface area (Å²) in [4.78, 5) is 4.54. The smallest absolute Gasteiger partial charge is 0.121 e. The first kappa shape index (κ1) is 15.7. The summed E-state index contributed by atoms with van der Waals surface area (Å²) in [6.07, 6.45) is 5.64. The van der Waals surface area contributed by atoms with Gasteiger partial charge in [-0.25, -0.2) is 0 Å². The van der Waals surface area contributed by atoms with Gasteiger partial charge in [0.05, 0.1) is 18.3 Å². The fourth-order valence-electron chi connectivity index (χ4n) is 2.43. The number of hydrazone groups is 1. The summed E-state index contributed by atoms with van der Waals surface area (Å²) in [5, 5.41) is 5.27. The molecule has 0 fully saturated rings. The van der Waals surface area contributed by atoms with E-state index in [1.807, 2.05) is 73.7 Å². The quantitative estimate of drug-likeness (QED) is 0.550. The molecule has 0 aliphatic carbocycles. The van der Waals surface area contributed by atoms with Gasteiger partial charge in [-0.3, -0.25) is 10.4 Å². The molecular formula is C20H19N3O. The molecule has 24 heavy (non-hydrogen) atoms. The predicted molar refractivity (Wildman–Crippen MR) is 101 cm³/mol. The number of aryl methyl sites for hydroxylation is 1. The number of fused-ring (bicyclic) bond motifs is 1. The lowest BCUT2D eigenvalue weighted by Gasteiger charge is -2.08. The Hall–Kier alpha value is -3.14. The van der Waals surface area contributed by atoms with Gasteiger partial charge < -0.3 is 4.74 Å². The molecule has 0 amide bonds. The van der Waals surface area contributed by atoms with Crippen LogP contribution in [-0.4, -0.2) is 18.3 Å². The molecule has 0 bridgehead atoms. The van der Waals surface area contributed by atoms with E-state index < -0.39 is 0 Å². The first-order chi connectivity index (χ1) is 11.8. The zero-order chi connectivity index (χ0) is 16.8. The van der Waals surface area contributed by atoms with Crippen molar-refractivity contribution >= 4 is 28.9 Å². The summed E-state index contributed by atoms with van der Waals surface area (Å²) >= 11 is 0. The molecule has 0 saturated carbocycles. The Bertz CT molecular complexity index is 886. The van der Waals surface area contributed by atoms with Crippen LogP contribution in [0.5, 0.6) is 5.75 Å². The van der Waals surface area contributed by atoms with Gasteiger partial charge in [-0.15, -0.1) is 0 Å². The third-order valence-electron chi connectivity index (χ3n) is 3.58. The molecule has 0 unspecified atom stereocenters. The van der Waals surface area contributed by atoms with Crippen LogP contribution in [0.4, 0.5) is 5.69 Å². The summed E-state index contributed by atoms with van der Waals surface area (Å²) < 4.78 is 5.26. The minimum atomic E-state index is 0.792. The van der Waals surface area contributed by atoms with Crippen LogP contribution < -0.4 is 10.2 Å². The largest absolute Gasteiger partial charge is 0.497 e. The molecule has 0 saturated heterocycles. The van der Waals surface area contributed by atoms with E-state index in [-0.39, 0.29) is 0 Å². The molecule has 0 radical (unpaired) electrons. The van der Waals surface area contributed by atoms with Crippen LogP contribution in [0.25, 0.3) is 17.0 Å². The second kappa shape index (κ2) is 7.42. The van der Waals surface area contributed by atoms with E-state index in [0.29, 0.717) is 0 Å². The van der Waals surface area contributed by atoms with E-state index in [9.17, 15) is 0 Å². The van der Waals surface area contributed by atoms with Crippen molar-refractivity contribution in [3.8, 4) is 5.75 Å². The van der Waals surface area contributed by atoms with E-state index in [1.165, 1.54) is 0 Å². The lowest BCUT2D eigenvalue weighted by molar-refractivity contribution is 0.415. The van der Waals surface area contributed by atoms with Crippen molar-refractivity contribution in [1.82, 2.24) is 4.98 Å². The molecule has 0 atom stereocenters. The van der Waals surface area contributed by atoms with E-state index in [2.05, 4.69) is 15.5 Å². The average Bonchev–Trinajstić information content (AvgIpc) is 2.61. The molecular weight excluding hydrogens is 298 g/mol. The van der Waals surface area contributed by atoms with Crippen molar-refractivity contribution in [2.24, 2.45) is 5.10 Å². The summed E-state index contributed by atoms with van der Waals surface area (Å²) in [7, 11) is 1.65. The summed E-state index contributed by atoms with van der Waals surface area (Å²) in [5.74, 6) is 0.792. The molecule has 4 nitrogen and oxygen atoms in total. The number of ether oxygens (including phenoxy) is 1. The van der Waals surface area contributed by atoms with Gasteiger partial charge in [0.2, 0.25) is 0 Å².